The molecule has 0 unspecified atom stereocenters. The van der Waals surface area contributed by atoms with Crippen LogP contribution in [-0.2, 0) is 11.3 Å². The Morgan fingerprint density at radius 1 is 1.21 bits per heavy atom. The van der Waals surface area contributed by atoms with Crippen LogP contribution in [0, 0.1) is 11.3 Å². The summed E-state index contributed by atoms with van der Waals surface area (Å²) >= 11 is 3.33. The molecular weight excluding hydrogens is 306 g/mol. The zero-order valence-corrected chi connectivity index (χ0v) is 12.0. The molecule has 0 aliphatic rings. The molecule has 2 aromatic rings. The van der Waals surface area contributed by atoms with Gasteiger partial charge in [-0.2, -0.15) is 5.26 Å². The van der Waals surface area contributed by atoms with E-state index < -0.39 is 0 Å². The lowest BCUT2D eigenvalue weighted by Crippen LogP contribution is -1.91. The number of benzene rings is 2. The predicted octanol–water partition coefficient (Wildman–Crippen LogP) is 4.26. The number of methoxy groups -OCH3 is 1. The van der Waals surface area contributed by atoms with Crippen molar-refractivity contribution in [3.05, 3.63) is 58.1 Å². The van der Waals surface area contributed by atoms with Crippen LogP contribution in [0.3, 0.4) is 0 Å². The second-order valence-corrected chi connectivity index (χ2v) is 4.85. The Hall–Kier alpha value is -1.83. The van der Waals surface area contributed by atoms with Gasteiger partial charge in [-0.25, -0.2) is 0 Å². The van der Waals surface area contributed by atoms with Gasteiger partial charge < -0.3 is 9.47 Å². The summed E-state index contributed by atoms with van der Waals surface area (Å²) in [7, 11) is 1.65. The third-order valence-electron chi connectivity index (χ3n) is 2.50. The smallest absolute Gasteiger partial charge is 0.145 e. The van der Waals surface area contributed by atoms with Crippen molar-refractivity contribution in [2.75, 3.05) is 7.11 Å². The van der Waals surface area contributed by atoms with Crippen LogP contribution in [0.4, 0.5) is 0 Å². The highest BCUT2D eigenvalue weighted by atomic mass is 79.9. The minimum atomic E-state index is 0.492. The summed E-state index contributed by atoms with van der Waals surface area (Å²) in [4.78, 5) is 0. The van der Waals surface area contributed by atoms with Gasteiger partial charge in [0.05, 0.1) is 12.2 Å². The minimum Gasteiger partial charge on any atom is -0.456 e. The van der Waals surface area contributed by atoms with Crippen LogP contribution in [0.25, 0.3) is 0 Å². The first-order chi connectivity index (χ1) is 9.22. The van der Waals surface area contributed by atoms with Gasteiger partial charge in [-0.3, -0.25) is 0 Å². The summed E-state index contributed by atoms with van der Waals surface area (Å²) in [6.07, 6.45) is 0. The van der Waals surface area contributed by atoms with Crippen molar-refractivity contribution in [3.63, 3.8) is 0 Å². The molecule has 0 aromatic heterocycles. The molecule has 0 aliphatic heterocycles. The van der Waals surface area contributed by atoms with Crippen molar-refractivity contribution < 1.29 is 9.47 Å². The molecule has 4 heteroatoms. The van der Waals surface area contributed by atoms with E-state index >= 15 is 0 Å². The third kappa shape index (κ3) is 3.57. The van der Waals surface area contributed by atoms with Crippen LogP contribution in [0.1, 0.15) is 11.1 Å². The van der Waals surface area contributed by atoms with E-state index in [1.54, 1.807) is 19.2 Å². The zero-order chi connectivity index (χ0) is 13.7. The van der Waals surface area contributed by atoms with Gasteiger partial charge in [0.1, 0.15) is 17.6 Å². The van der Waals surface area contributed by atoms with Crippen LogP contribution >= 0.6 is 15.9 Å². The monoisotopic (exact) mass is 317 g/mol. The maximum Gasteiger partial charge on any atom is 0.145 e. The van der Waals surface area contributed by atoms with Crippen LogP contribution in [0.15, 0.2) is 46.9 Å². The molecule has 96 valence electrons. The van der Waals surface area contributed by atoms with E-state index in [0.717, 1.165) is 10.0 Å². The fourth-order valence-electron chi connectivity index (χ4n) is 1.67. The molecule has 3 nitrogen and oxygen atoms in total. The van der Waals surface area contributed by atoms with Crippen LogP contribution in [0.2, 0.25) is 0 Å². The van der Waals surface area contributed by atoms with E-state index in [-0.39, 0.29) is 0 Å². The summed E-state index contributed by atoms with van der Waals surface area (Å²) in [5.74, 6) is 1.23. The van der Waals surface area contributed by atoms with Crippen LogP contribution in [-0.4, -0.2) is 7.11 Å². The van der Waals surface area contributed by atoms with Gasteiger partial charge in [-0.1, -0.05) is 28.1 Å². The Bertz CT molecular complexity index is 620. The van der Waals surface area contributed by atoms with Crippen LogP contribution in [0.5, 0.6) is 11.5 Å². The molecule has 0 bridgehead atoms. The highest BCUT2D eigenvalue weighted by Gasteiger charge is 2.06. The Labute approximate surface area is 120 Å². The molecular formula is C15H12BrNO2. The molecule has 0 atom stereocenters. The van der Waals surface area contributed by atoms with Gasteiger partial charge in [0.25, 0.3) is 0 Å². The van der Waals surface area contributed by atoms with E-state index in [9.17, 15) is 0 Å². The molecule has 0 amide bonds. The van der Waals surface area contributed by atoms with Gasteiger partial charge in [0.15, 0.2) is 0 Å². The topological polar surface area (TPSA) is 42.2 Å². The Kier molecular flexibility index (Phi) is 4.56. The molecule has 0 fully saturated rings. The van der Waals surface area contributed by atoms with Gasteiger partial charge >= 0.3 is 0 Å². The summed E-state index contributed by atoms with van der Waals surface area (Å²) in [6.45, 7) is 0.530. The number of hydrogen-bond acceptors (Lipinski definition) is 3. The van der Waals surface area contributed by atoms with Crippen molar-refractivity contribution in [2.45, 2.75) is 6.61 Å². The highest BCUT2D eigenvalue weighted by molar-refractivity contribution is 9.10. The summed E-state index contributed by atoms with van der Waals surface area (Å²) < 4.78 is 11.7. The maximum absolute atomic E-state index is 9.09. The molecule has 0 aliphatic carbocycles. The molecule has 2 rings (SSSR count). The van der Waals surface area contributed by atoms with Crippen molar-refractivity contribution in [3.8, 4) is 17.6 Å². The summed E-state index contributed by atoms with van der Waals surface area (Å²) in [5, 5.41) is 9.09. The minimum absolute atomic E-state index is 0.492. The number of hydrogen-bond donors (Lipinski definition) is 0. The number of halogens is 1. The lowest BCUT2D eigenvalue weighted by Gasteiger charge is -2.09. The summed E-state index contributed by atoms with van der Waals surface area (Å²) in [6, 6.07) is 15.1. The first-order valence-electron chi connectivity index (χ1n) is 5.68. The molecule has 0 heterocycles. The number of nitrogens with zero attached hydrogens (tertiary/aromatic N) is 1. The first kappa shape index (κ1) is 13.6. The van der Waals surface area contributed by atoms with E-state index in [0.29, 0.717) is 23.7 Å². The quantitative estimate of drug-likeness (QED) is 0.846. The van der Waals surface area contributed by atoms with E-state index in [4.69, 9.17) is 14.7 Å². The van der Waals surface area contributed by atoms with E-state index in [1.165, 1.54) is 0 Å². The van der Waals surface area contributed by atoms with Gasteiger partial charge in [-0.15, -0.1) is 0 Å². The molecule has 0 saturated heterocycles. The molecule has 19 heavy (non-hydrogen) atoms. The second kappa shape index (κ2) is 6.37. The molecule has 0 radical (unpaired) electrons. The van der Waals surface area contributed by atoms with Crippen LogP contribution < -0.4 is 4.74 Å². The predicted molar refractivity (Wildman–Crippen MR) is 76.1 cm³/mol. The lowest BCUT2D eigenvalue weighted by atomic mass is 10.2. The van der Waals surface area contributed by atoms with Crippen molar-refractivity contribution >= 4 is 15.9 Å². The second-order valence-electron chi connectivity index (χ2n) is 3.93. The van der Waals surface area contributed by atoms with Crippen molar-refractivity contribution in [1.29, 1.82) is 5.26 Å². The van der Waals surface area contributed by atoms with Crippen molar-refractivity contribution in [2.24, 2.45) is 0 Å². The number of rotatable bonds is 4. The Balaban J connectivity index is 2.26. The number of ether oxygens (including phenoxy) is 2. The van der Waals surface area contributed by atoms with Gasteiger partial charge in [-0.05, 0) is 35.9 Å². The third-order valence-corrected chi connectivity index (χ3v) is 2.99. The first-order valence-corrected chi connectivity index (χ1v) is 6.47. The molecule has 0 N–H and O–H groups in total. The lowest BCUT2D eigenvalue weighted by molar-refractivity contribution is 0.184. The Morgan fingerprint density at radius 2 is 2.05 bits per heavy atom. The van der Waals surface area contributed by atoms with Gasteiger partial charge in [0.2, 0.25) is 0 Å². The zero-order valence-electron chi connectivity index (χ0n) is 10.4. The average Bonchev–Trinajstić information content (AvgIpc) is 2.41. The molecule has 0 saturated carbocycles. The van der Waals surface area contributed by atoms with Gasteiger partial charge in [0, 0.05) is 11.6 Å². The maximum atomic E-state index is 9.09. The molecule has 0 spiro atoms. The van der Waals surface area contributed by atoms with E-state index in [2.05, 4.69) is 22.0 Å². The van der Waals surface area contributed by atoms with E-state index in [1.807, 2.05) is 30.3 Å². The SMILES string of the molecule is COCc1cccc(Oc2ccc(Br)cc2C#N)c1. The fourth-order valence-corrected chi connectivity index (χ4v) is 2.03. The normalized spacial score (nSPS) is 9.95. The number of nitriles is 1. The fraction of sp³-hybridized carbons (Fsp3) is 0.133. The highest BCUT2D eigenvalue weighted by Crippen LogP contribution is 2.28. The average molecular weight is 318 g/mol. The Morgan fingerprint density at radius 3 is 2.79 bits per heavy atom. The standard InChI is InChI=1S/C15H12BrNO2/c1-18-10-11-3-2-4-14(7-11)19-15-6-5-13(16)8-12(15)9-17/h2-8H,10H2,1H3. The van der Waals surface area contributed by atoms with Crippen molar-refractivity contribution in [1.82, 2.24) is 0 Å². The largest absolute Gasteiger partial charge is 0.456 e. The molecule has 2 aromatic carbocycles. The summed E-state index contributed by atoms with van der Waals surface area (Å²) in [5.41, 5.74) is 1.52.